The van der Waals surface area contributed by atoms with Crippen LogP contribution in [0.4, 0.5) is 4.39 Å². The van der Waals surface area contributed by atoms with Crippen molar-refractivity contribution in [3.63, 3.8) is 0 Å². The summed E-state index contributed by atoms with van der Waals surface area (Å²) in [5.74, 6) is 0.0644. The molecule has 0 spiro atoms. The van der Waals surface area contributed by atoms with Gasteiger partial charge < -0.3 is 9.64 Å². The fourth-order valence-electron chi connectivity index (χ4n) is 1.89. The minimum Gasteiger partial charge on any atom is -0.482 e. The van der Waals surface area contributed by atoms with Crippen molar-refractivity contribution in [1.82, 2.24) is 9.88 Å². The molecule has 0 unspecified atom stereocenters. The van der Waals surface area contributed by atoms with Crippen LogP contribution in [0, 0.1) is 5.82 Å². The minimum absolute atomic E-state index is 0.0826. The van der Waals surface area contributed by atoms with E-state index in [0.717, 1.165) is 5.56 Å². The molecule has 1 heterocycles. The molecule has 0 aliphatic rings. The third-order valence-corrected chi connectivity index (χ3v) is 2.99. The topological polar surface area (TPSA) is 42.4 Å². The lowest BCUT2D eigenvalue weighted by Gasteiger charge is -2.21. The second-order valence-electron chi connectivity index (χ2n) is 4.67. The Morgan fingerprint density at radius 1 is 1.32 bits per heavy atom. The van der Waals surface area contributed by atoms with Crippen molar-refractivity contribution < 1.29 is 13.9 Å². The van der Waals surface area contributed by atoms with E-state index in [4.69, 9.17) is 4.74 Å². The van der Waals surface area contributed by atoms with Gasteiger partial charge in [0.1, 0.15) is 11.6 Å². The quantitative estimate of drug-likeness (QED) is 0.738. The van der Waals surface area contributed by atoms with Crippen LogP contribution in [0.15, 0.2) is 61.4 Å². The van der Waals surface area contributed by atoms with Gasteiger partial charge in [-0.2, -0.15) is 0 Å². The normalized spacial score (nSPS) is 10.0. The average Bonchev–Trinajstić information content (AvgIpc) is 2.55. The predicted molar refractivity (Wildman–Crippen MR) is 81.7 cm³/mol. The van der Waals surface area contributed by atoms with E-state index >= 15 is 0 Å². The van der Waals surface area contributed by atoms with Crippen molar-refractivity contribution in [2.75, 3.05) is 13.2 Å². The maximum absolute atomic E-state index is 12.9. The lowest BCUT2D eigenvalue weighted by Crippen LogP contribution is -2.34. The molecule has 22 heavy (non-hydrogen) atoms. The van der Waals surface area contributed by atoms with Crippen LogP contribution >= 0.6 is 0 Å². The molecule has 114 valence electrons. The van der Waals surface area contributed by atoms with E-state index in [1.165, 1.54) is 12.1 Å². The van der Waals surface area contributed by atoms with Crippen LogP contribution in [0.25, 0.3) is 0 Å². The van der Waals surface area contributed by atoms with Gasteiger partial charge in [-0.3, -0.25) is 9.78 Å². The van der Waals surface area contributed by atoms with Gasteiger partial charge in [-0.1, -0.05) is 18.2 Å². The molecule has 0 N–H and O–H groups in total. The Balaban J connectivity index is 1.95. The van der Waals surface area contributed by atoms with E-state index in [-0.39, 0.29) is 18.3 Å². The van der Waals surface area contributed by atoms with Gasteiger partial charge >= 0.3 is 0 Å². The molecule has 0 atom stereocenters. The first kappa shape index (κ1) is 15.7. The van der Waals surface area contributed by atoms with Crippen LogP contribution in [0.3, 0.4) is 0 Å². The lowest BCUT2D eigenvalue weighted by atomic mass is 10.2. The fourth-order valence-corrected chi connectivity index (χ4v) is 1.89. The highest BCUT2D eigenvalue weighted by atomic mass is 19.1. The van der Waals surface area contributed by atoms with Crippen molar-refractivity contribution in [3.05, 3.63) is 72.8 Å². The number of aromatic nitrogens is 1. The molecule has 0 radical (unpaired) electrons. The number of carbonyl (C=O) groups excluding carboxylic acids is 1. The summed E-state index contributed by atoms with van der Waals surface area (Å²) in [5, 5.41) is 0. The van der Waals surface area contributed by atoms with Gasteiger partial charge in [-0.25, -0.2) is 4.39 Å². The van der Waals surface area contributed by atoms with E-state index in [0.29, 0.717) is 18.8 Å². The molecule has 1 amide bonds. The summed E-state index contributed by atoms with van der Waals surface area (Å²) < 4.78 is 18.3. The fraction of sp³-hybridized carbons (Fsp3) is 0.176. The first-order valence-corrected chi connectivity index (χ1v) is 6.85. The van der Waals surface area contributed by atoms with Crippen molar-refractivity contribution in [2.45, 2.75) is 6.54 Å². The highest BCUT2D eigenvalue weighted by Crippen LogP contribution is 2.09. The Hall–Kier alpha value is -2.69. The zero-order chi connectivity index (χ0) is 15.8. The number of ether oxygens (including phenoxy) is 1. The van der Waals surface area contributed by atoms with Crippen LogP contribution in [-0.4, -0.2) is 28.9 Å². The third-order valence-electron chi connectivity index (χ3n) is 2.99. The minimum atomic E-state index is -0.301. The van der Waals surface area contributed by atoms with Gasteiger partial charge in [0.15, 0.2) is 6.61 Å². The number of pyridine rings is 1. The highest BCUT2D eigenvalue weighted by molar-refractivity contribution is 5.78. The molecule has 0 fully saturated rings. The maximum atomic E-state index is 12.9. The van der Waals surface area contributed by atoms with Gasteiger partial charge in [-0.15, -0.1) is 6.58 Å². The molecule has 5 heteroatoms. The molecule has 2 rings (SSSR count). The molecule has 0 aliphatic heterocycles. The van der Waals surface area contributed by atoms with E-state index in [1.807, 2.05) is 0 Å². The predicted octanol–water partition coefficient (Wildman–Crippen LogP) is 2.81. The van der Waals surface area contributed by atoms with Crippen LogP contribution in [0.5, 0.6) is 5.75 Å². The summed E-state index contributed by atoms with van der Waals surface area (Å²) >= 11 is 0. The number of hydrogen-bond acceptors (Lipinski definition) is 3. The second kappa shape index (κ2) is 7.93. The monoisotopic (exact) mass is 300 g/mol. The van der Waals surface area contributed by atoms with Crippen molar-refractivity contribution in [3.8, 4) is 5.75 Å². The molecule has 4 nitrogen and oxygen atoms in total. The molecule has 1 aromatic heterocycles. The standard InChI is InChI=1S/C17H17FN2O2/c1-2-10-20(12-14-5-7-15(18)8-6-14)17(21)13-22-16-4-3-9-19-11-16/h2-9,11H,1,10,12-13H2. The number of amides is 1. The zero-order valence-corrected chi connectivity index (χ0v) is 12.1. The zero-order valence-electron chi connectivity index (χ0n) is 12.1. The maximum Gasteiger partial charge on any atom is 0.261 e. The van der Waals surface area contributed by atoms with Crippen LogP contribution in [0.2, 0.25) is 0 Å². The van der Waals surface area contributed by atoms with E-state index in [9.17, 15) is 9.18 Å². The smallest absolute Gasteiger partial charge is 0.261 e. The van der Waals surface area contributed by atoms with E-state index in [1.54, 1.807) is 47.6 Å². The molecule has 1 aromatic carbocycles. The van der Waals surface area contributed by atoms with Crippen LogP contribution in [0.1, 0.15) is 5.56 Å². The van der Waals surface area contributed by atoms with Crippen molar-refractivity contribution >= 4 is 5.91 Å². The van der Waals surface area contributed by atoms with Crippen LogP contribution < -0.4 is 4.74 Å². The van der Waals surface area contributed by atoms with Gasteiger partial charge in [0.2, 0.25) is 0 Å². The Morgan fingerprint density at radius 3 is 2.73 bits per heavy atom. The summed E-state index contributed by atoms with van der Waals surface area (Å²) in [6.45, 7) is 4.34. The summed E-state index contributed by atoms with van der Waals surface area (Å²) in [5.41, 5.74) is 0.845. The summed E-state index contributed by atoms with van der Waals surface area (Å²) in [7, 11) is 0. The number of rotatable bonds is 7. The molecule has 0 bridgehead atoms. The Kier molecular flexibility index (Phi) is 5.65. The first-order valence-electron chi connectivity index (χ1n) is 6.85. The number of halogens is 1. The highest BCUT2D eigenvalue weighted by Gasteiger charge is 2.13. The van der Waals surface area contributed by atoms with E-state index < -0.39 is 0 Å². The molecule has 2 aromatic rings. The second-order valence-corrected chi connectivity index (χ2v) is 4.67. The SMILES string of the molecule is C=CCN(Cc1ccc(F)cc1)C(=O)COc1cccnc1. The first-order chi connectivity index (χ1) is 10.7. The number of nitrogens with zero attached hydrogens (tertiary/aromatic N) is 2. The Morgan fingerprint density at radius 2 is 2.09 bits per heavy atom. The summed E-state index contributed by atoms with van der Waals surface area (Å²) in [6.07, 6.45) is 4.82. The number of hydrogen-bond donors (Lipinski definition) is 0. The number of benzene rings is 1. The average molecular weight is 300 g/mol. The third kappa shape index (κ3) is 4.70. The number of carbonyl (C=O) groups is 1. The molecular weight excluding hydrogens is 283 g/mol. The van der Waals surface area contributed by atoms with Crippen molar-refractivity contribution in [1.29, 1.82) is 0 Å². The van der Waals surface area contributed by atoms with Gasteiger partial charge in [0.05, 0.1) is 6.20 Å². The van der Waals surface area contributed by atoms with Crippen molar-refractivity contribution in [2.24, 2.45) is 0 Å². The Labute approximate surface area is 128 Å². The van der Waals surface area contributed by atoms with Crippen LogP contribution in [-0.2, 0) is 11.3 Å². The van der Waals surface area contributed by atoms with Gasteiger partial charge in [0, 0.05) is 19.3 Å². The molecule has 0 saturated heterocycles. The molecule has 0 aliphatic carbocycles. The Bertz CT molecular complexity index is 614. The lowest BCUT2D eigenvalue weighted by molar-refractivity contribution is -0.133. The summed E-state index contributed by atoms with van der Waals surface area (Å²) in [4.78, 5) is 17.7. The largest absolute Gasteiger partial charge is 0.482 e. The van der Waals surface area contributed by atoms with E-state index in [2.05, 4.69) is 11.6 Å². The molecular formula is C17H17FN2O2. The molecule has 0 saturated carbocycles. The summed E-state index contributed by atoms with van der Waals surface area (Å²) in [6, 6.07) is 9.52. The van der Waals surface area contributed by atoms with Gasteiger partial charge in [-0.05, 0) is 29.8 Å². The van der Waals surface area contributed by atoms with Gasteiger partial charge in [0.25, 0.3) is 5.91 Å².